The zero-order valence-corrected chi connectivity index (χ0v) is 8.37. The first-order valence-electron chi connectivity index (χ1n) is 5.30. The Morgan fingerprint density at radius 2 is 2.21 bits per heavy atom. The summed E-state index contributed by atoms with van der Waals surface area (Å²) in [6, 6.07) is 3.89. The first kappa shape index (κ1) is 9.31. The molecule has 0 radical (unpaired) electrons. The molecule has 1 fully saturated rings. The van der Waals surface area contributed by atoms with Crippen LogP contribution in [0.4, 0.5) is 11.5 Å². The van der Waals surface area contributed by atoms with Gasteiger partial charge in [-0.15, -0.1) is 0 Å². The molecule has 0 unspecified atom stereocenters. The molecule has 0 amide bonds. The van der Waals surface area contributed by atoms with Gasteiger partial charge in [0.05, 0.1) is 5.69 Å². The number of rotatable bonds is 3. The van der Waals surface area contributed by atoms with E-state index in [4.69, 9.17) is 5.73 Å². The van der Waals surface area contributed by atoms with E-state index in [-0.39, 0.29) is 0 Å². The number of hydrogen-bond donors (Lipinski definition) is 2. The average Bonchev–Trinajstić information content (AvgIpc) is 2.69. The minimum absolute atomic E-state index is 0.602. The van der Waals surface area contributed by atoms with Crippen LogP contribution < -0.4 is 11.1 Å². The van der Waals surface area contributed by atoms with Crippen LogP contribution in [0.3, 0.4) is 0 Å². The lowest BCUT2D eigenvalue weighted by Crippen LogP contribution is -2.12. The van der Waals surface area contributed by atoms with Crippen molar-refractivity contribution in [2.24, 2.45) is 5.92 Å². The molecule has 3 heteroatoms. The summed E-state index contributed by atoms with van der Waals surface area (Å²) in [7, 11) is 0. The Kier molecular flexibility index (Phi) is 2.87. The highest BCUT2D eigenvalue weighted by Gasteiger charge is 2.14. The lowest BCUT2D eigenvalue weighted by atomic mass is 10.1. The van der Waals surface area contributed by atoms with Gasteiger partial charge in [0.2, 0.25) is 0 Å². The third kappa shape index (κ3) is 2.16. The summed E-state index contributed by atoms with van der Waals surface area (Å²) in [6.07, 6.45) is 7.19. The van der Waals surface area contributed by atoms with Crippen LogP contribution in [0.25, 0.3) is 0 Å². The number of anilines is 2. The molecular formula is C11H17N3. The van der Waals surface area contributed by atoms with Crippen LogP contribution in [0.1, 0.15) is 25.7 Å². The highest BCUT2D eigenvalue weighted by Crippen LogP contribution is 2.25. The van der Waals surface area contributed by atoms with Crippen molar-refractivity contribution in [2.45, 2.75) is 25.7 Å². The first-order valence-corrected chi connectivity index (χ1v) is 5.30. The summed E-state index contributed by atoms with van der Waals surface area (Å²) in [4.78, 5) is 4.04. The molecule has 3 N–H and O–H groups in total. The fourth-order valence-electron chi connectivity index (χ4n) is 2.04. The molecule has 0 spiro atoms. The molecule has 1 aromatic rings. The summed E-state index contributed by atoms with van der Waals surface area (Å²) in [5, 5.41) is 3.37. The standard InChI is InChI=1S/C11H17N3/c12-11-10(6-3-7-13-11)14-8-9-4-1-2-5-9/h3,6-7,9,14H,1-2,4-5,8H2,(H2,12,13). The number of nitrogens with zero attached hydrogens (tertiary/aromatic N) is 1. The van der Waals surface area contributed by atoms with E-state index in [1.54, 1.807) is 6.20 Å². The van der Waals surface area contributed by atoms with E-state index < -0.39 is 0 Å². The maximum absolute atomic E-state index is 5.73. The van der Waals surface area contributed by atoms with Gasteiger partial charge in [-0.2, -0.15) is 0 Å². The van der Waals surface area contributed by atoms with Crippen LogP contribution in [-0.4, -0.2) is 11.5 Å². The van der Waals surface area contributed by atoms with Gasteiger partial charge in [-0.3, -0.25) is 0 Å². The molecule has 1 aromatic heterocycles. The van der Waals surface area contributed by atoms with E-state index >= 15 is 0 Å². The van der Waals surface area contributed by atoms with Gasteiger partial charge in [0.1, 0.15) is 5.82 Å². The Morgan fingerprint density at radius 1 is 1.43 bits per heavy atom. The molecule has 76 valence electrons. The fourth-order valence-corrected chi connectivity index (χ4v) is 2.04. The molecule has 0 aliphatic heterocycles. The van der Waals surface area contributed by atoms with Crippen LogP contribution >= 0.6 is 0 Å². The quantitative estimate of drug-likeness (QED) is 0.770. The maximum atomic E-state index is 5.73. The van der Waals surface area contributed by atoms with Gasteiger partial charge in [0, 0.05) is 12.7 Å². The number of nitrogens with one attached hydrogen (secondary N) is 1. The van der Waals surface area contributed by atoms with Gasteiger partial charge in [0.25, 0.3) is 0 Å². The highest BCUT2D eigenvalue weighted by atomic mass is 14.9. The summed E-state index contributed by atoms with van der Waals surface area (Å²) in [6.45, 7) is 1.04. The summed E-state index contributed by atoms with van der Waals surface area (Å²) in [5.74, 6) is 1.43. The van der Waals surface area contributed by atoms with Crippen molar-refractivity contribution < 1.29 is 0 Å². The Labute approximate surface area is 84.7 Å². The molecule has 1 saturated carbocycles. The van der Waals surface area contributed by atoms with Crippen molar-refractivity contribution in [2.75, 3.05) is 17.6 Å². The fraction of sp³-hybridized carbons (Fsp3) is 0.545. The third-order valence-electron chi connectivity index (χ3n) is 2.89. The molecule has 0 atom stereocenters. The second kappa shape index (κ2) is 4.31. The number of nitrogens with two attached hydrogens (primary N) is 1. The molecule has 1 heterocycles. The molecule has 2 rings (SSSR count). The number of aromatic nitrogens is 1. The van der Waals surface area contributed by atoms with Crippen molar-refractivity contribution in [1.29, 1.82) is 0 Å². The predicted octanol–water partition coefficient (Wildman–Crippen LogP) is 2.27. The average molecular weight is 191 g/mol. The third-order valence-corrected chi connectivity index (χ3v) is 2.89. The minimum Gasteiger partial charge on any atom is -0.382 e. The molecular weight excluding hydrogens is 174 g/mol. The molecule has 14 heavy (non-hydrogen) atoms. The Balaban J connectivity index is 1.88. The van der Waals surface area contributed by atoms with Crippen molar-refractivity contribution in [3.63, 3.8) is 0 Å². The minimum atomic E-state index is 0.602. The topological polar surface area (TPSA) is 50.9 Å². The highest BCUT2D eigenvalue weighted by molar-refractivity contribution is 5.60. The molecule has 1 aliphatic carbocycles. The van der Waals surface area contributed by atoms with Gasteiger partial charge >= 0.3 is 0 Å². The number of nitrogen functional groups attached to an aromatic ring is 1. The lowest BCUT2D eigenvalue weighted by molar-refractivity contribution is 0.580. The van der Waals surface area contributed by atoms with Crippen molar-refractivity contribution in [3.05, 3.63) is 18.3 Å². The zero-order chi connectivity index (χ0) is 9.80. The van der Waals surface area contributed by atoms with E-state index in [1.165, 1.54) is 25.7 Å². The normalized spacial score (nSPS) is 17.1. The largest absolute Gasteiger partial charge is 0.382 e. The molecule has 0 bridgehead atoms. The van der Waals surface area contributed by atoms with Crippen LogP contribution in [0.15, 0.2) is 18.3 Å². The van der Waals surface area contributed by atoms with Crippen LogP contribution in [0.5, 0.6) is 0 Å². The number of pyridine rings is 1. The molecule has 1 aliphatic rings. The van der Waals surface area contributed by atoms with Gasteiger partial charge < -0.3 is 11.1 Å². The van der Waals surface area contributed by atoms with Crippen LogP contribution in [-0.2, 0) is 0 Å². The van der Waals surface area contributed by atoms with E-state index in [9.17, 15) is 0 Å². The van der Waals surface area contributed by atoms with E-state index in [0.717, 1.165) is 18.2 Å². The first-order chi connectivity index (χ1) is 6.86. The summed E-state index contributed by atoms with van der Waals surface area (Å²) >= 11 is 0. The second-order valence-electron chi connectivity index (χ2n) is 3.97. The Morgan fingerprint density at radius 3 is 2.93 bits per heavy atom. The smallest absolute Gasteiger partial charge is 0.146 e. The lowest BCUT2D eigenvalue weighted by Gasteiger charge is -2.12. The van der Waals surface area contributed by atoms with Gasteiger partial charge in [0.15, 0.2) is 0 Å². The second-order valence-corrected chi connectivity index (χ2v) is 3.97. The van der Waals surface area contributed by atoms with Gasteiger partial charge in [-0.1, -0.05) is 12.8 Å². The van der Waals surface area contributed by atoms with Crippen molar-refractivity contribution in [1.82, 2.24) is 4.98 Å². The molecule has 0 aromatic carbocycles. The Hall–Kier alpha value is -1.25. The number of hydrogen-bond acceptors (Lipinski definition) is 3. The molecule has 3 nitrogen and oxygen atoms in total. The summed E-state index contributed by atoms with van der Waals surface area (Å²) in [5.41, 5.74) is 6.70. The predicted molar refractivity (Wildman–Crippen MR) is 59.1 cm³/mol. The van der Waals surface area contributed by atoms with Crippen LogP contribution in [0, 0.1) is 5.92 Å². The SMILES string of the molecule is Nc1ncccc1NCC1CCCC1. The Bertz CT molecular complexity index is 292. The van der Waals surface area contributed by atoms with E-state index in [2.05, 4.69) is 10.3 Å². The van der Waals surface area contributed by atoms with Crippen molar-refractivity contribution >= 4 is 11.5 Å². The monoisotopic (exact) mass is 191 g/mol. The zero-order valence-electron chi connectivity index (χ0n) is 8.37. The van der Waals surface area contributed by atoms with E-state index in [0.29, 0.717) is 5.82 Å². The maximum Gasteiger partial charge on any atom is 0.146 e. The van der Waals surface area contributed by atoms with Gasteiger partial charge in [-0.25, -0.2) is 4.98 Å². The van der Waals surface area contributed by atoms with Crippen molar-refractivity contribution in [3.8, 4) is 0 Å². The summed E-state index contributed by atoms with van der Waals surface area (Å²) < 4.78 is 0. The van der Waals surface area contributed by atoms with E-state index in [1.807, 2.05) is 12.1 Å². The molecule has 0 saturated heterocycles. The van der Waals surface area contributed by atoms with Crippen LogP contribution in [0.2, 0.25) is 0 Å². The van der Waals surface area contributed by atoms with Gasteiger partial charge in [-0.05, 0) is 30.9 Å².